The predicted molar refractivity (Wildman–Crippen MR) is 158 cm³/mol. The largest absolute Gasteiger partial charge is 0.493 e. The summed E-state index contributed by atoms with van der Waals surface area (Å²) in [5.41, 5.74) is -3.83. The fourth-order valence-electron chi connectivity index (χ4n) is 4.76. The van der Waals surface area contributed by atoms with E-state index in [0.717, 1.165) is 0 Å². The minimum Gasteiger partial charge on any atom is -0.493 e. The molecule has 4 aromatic carbocycles. The fourth-order valence-corrected chi connectivity index (χ4v) is 4.76. The molecule has 0 aliphatic carbocycles. The second-order valence-corrected chi connectivity index (χ2v) is 11.3. The van der Waals surface area contributed by atoms with Crippen LogP contribution in [0.15, 0.2) is 48.5 Å². The zero-order valence-corrected chi connectivity index (χ0v) is 27.1. The van der Waals surface area contributed by atoms with Gasteiger partial charge >= 0.3 is 12.2 Å². The first-order chi connectivity index (χ1) is 25.3. The van der Waals surface area contributed by atoms with Gasteiger partial charge < -0.3 is 18.9 Å². The summed E-state index contributed by atoms with van der Waals surface area (Å²) in [6, 6.07) is 1.83. The van der Waals surface area contributed by atoms with E-state index in [1.165, 1.54) is 0 Å². The maximum absolute atomic E-state index is 14.5. The molecule has 0 bridgehead atoms. The number of carbonyl (C=O) groups excluding carboxylic acids is 1. The number of unbranched alkanes of at least 4 members (excludes halogenated alkanes) is 2. The van der Waals surface area contributed by atoms with Crippen LogP contribution in [-0.4, -0.2) is 19.0 Å². The van der Waals surface area contributed by atoms with Gasteiger partial charge in [-0.25, -0.2) is 43.9 Å². The van der Waals surface area contributed by atoms with Crippen LogP contribution in [0.25, 0.3) is 0 Å². The van der Waals surface area contributed by atoms with E-state index in [-0.39, 0.29) is 81.8 Å². The smallest absolute Gasteiger partial charge is 0.432 e. The van der Waals surface area contributed by atoms with Gasteiger partial charge in [0.1, 0.15) is 63.2 Å². The van der Waals surface area contributed by atoms with Gasteiger partial charge in [-0.2, -0.15) is 17.6 Å². The molecule has 0 aromatic heterocycles. The molecule has 0 aliphatic rings. The Balaban J connectivity index is 1.16. The lowest BCUT2D eigenvalue weighted by atomic mass is 10.1. The first kappa shape index (κ1) is 41.5. The van der Waals surface area contributed by atoms with Crippen molar-refractivity contribution in [2.24, 2.45) is 0 Å². The molecule has 0 unspecified atom stereocenters. The number of ketones is 1. The number of carbonyl (C=O) groups is 1. The monoisotopic (exact) mass is 790 g/mol. The second-order valence-electron chi connectivity index (χ2n) is 11.3. The van der Waals surface area contributed by atoms with E-state index in [1.807, 2.05) is 0 Å². The van der Waals surface area contributed by atoms with Gasteiger partial charge in [-0.3, -0.25) is 4.79 Å². The summed E-state index contributed by atoms with van der Waals surface area (Å²) in [6.45, 7) is -0.401. The van der Waals surface area contributed by atoms with Crippen LogP contribution < -0.4 is 18.9 Å². The third kappa shape index (κ3) is 10.5. The van der Waals surface area contributed by atoms with E-state index in [0.29, 0.717) is 24.3 Å². The summed E-state index contributed by atoms with van der Waals surface area (Å²) >= 11 is 0. The summed E-state index contributed by atoms with van der Waals surface area (Å²) in [5.74, 6) is -22.6. The van der Waals surface area contributed by atoms with Gasteiger partial charge in [0.05, 0.1) is 13.2 Å². The van der Waals surface area contributed by atoms with Crippen molar-refractivity contribution in [2.75, 3.05) is 13.2 Å². The van der Waals surface area contributed by atoms with Crippen molar-refractivity contribution in [1.82, 2.24) is 0 Å². The van der Waals surface area contributed by atoms with Crippen molar-refractivity contribution in [2.45, 2.75) is 50.7 Å². The number of alkyl halides is 4. The van der Waals surface area contributed by atoms with Crippen LogP contribution in [0.3, 0.4) is 0 Å². The molecule has 0 aliphatic heterocycles. The molecule has 292 valence electrons. The number of hydrogen-bond donors (Lipinski definition) is 0. The third-order valence-electron chi connectivity index (χ3n) is 7.26. The van der Waals surface area contributed by atoms with E-state index >= 15 is 0 Å². The van der Waals surface area contributed by atoms with Gasteiger partial charge in [-0.1, -0.05) is 0 Å². The standard InChI is InChI=1S/C35H24F14O5/c36-22-9-18(10-23(37)30(22)34(46,47)53-20-13-26(40)32(44)27(41)14-20)51-7-3-1-5-17(50)6-2-4-8-52-19-11-24(38)31(25(39)12-19)35(48,49)54-21-15-28(42)33(45)29(43)16-21/h9-16H,1-8H2. The van der Waals surface area contributed by atoms with Crippen molar-refractivity contribution in [3.8, 4) is 23.0 Å². The van der Waals surface area contributed by atoms with Gasteiger partial charge in [0.25, 0.3) is 0 Å². The molecule has 54 heavy (non-hydrogen) atoms. The number of hydrogen-bond acceptors (Lipinski definition) is 5. The zero-order chi connectivity index (χ0) is 40.0. The van der Waals surface area contributed by atoms with Crippen LogP contribution in [0, 0.1) is 58.2 Å². The molecule has 0 saturated heterocycles. The number of ether oxygens (including phenoxy) is 4. The topological polar surface area (TPSA) is 54.0 Å². The lowest BCUT2D eigenvalue weighted by Crippen LogP contribution is -2.25. The van der Waals surface area contributed by atoms with Crippen LogP contribution in [-0.2, 0) is 17.0 Å². The fraction of sp³-hybridized carbons (Fsp3) is 0.286. The van der Waals surface area contributed by atoms with Crippen molar-refractivity contribution in [3.63, 3.8) is 0 Å². The average molecular weight is 791 g/mol. The number of benzene rings is 4. The Kier molecular flexibility index (Phi) is 13.3. The highest BCUT2D eigenvalue weighted by Crippen LogP contribution is 2.39. The van der Waals surface area contributed by atoms with Crippen LogP contribution in [0.4, 0.5) is 61.5 Å². The summed E-state index contributed by atoms with van der Waals surface area (Å²) < 4.78 is 213. The highest BCUT2D eigenvalue weighted by molar-refractivity contribution is 5.78. The average Bonchev–Trinajstić information content (AvgIpc) is 3.04. The Morgan fingerprint density at radius 2 is 0.704 bits per heavy atom. The van der Waals surface area contributed by atoms with Gasteiger partial charge in [0.15, 0.2) is 34.9 Å². The van der Waals surface area contributed by atoms with E-state index in [9.17, 15) is 66.3 Å². The zero-order valence-electron chi connectivity index (χ0n) is 27.1. The molecular weight excluding hydrogens is 766 g/mol. The van der Waals surface area contributed by atoms with Crippen molar-refractivity contribution in [1.29, 1.82) is 0 Å². The van der Waals surface area contributed by atoms with Gasteiger partial charge in [0.2, 0.25) is 0 Å². The first-order valence-corrected chi connectivity index (χ1v) is 15.5. The van der Waals surface area contributed by atoms with E-state index in [1.54, 1.807) is 0 Å². The van der Waals surface area contributed by atoms with Crippen LogP contribution in [0.2, 0.25) is 0 Å². The highest BCUT2D eigenvalue weighted by Gasteiger charge is 2.43. The molecule has 4 aromatic rings. The van der Waals surface area contributed by atoms with Crippen molar-refractivity contribution in [3.05, 3.63) is 118 Å². The SMILES string of the molecule is O=C(CCCCOc1cc(F)c(C(F)(F)Oc2cc(F)c(F)c(F)c2)c(F)c1)CCCCOc1cc(F)c(C(F)(F)Oc2cc(F)c(F)c(F)c2)c(F)c1. The Labute approximate surface area is 296 Å². The molecule has 0 heterocycles. The van der Waals surface area contributed by atoms with Crippen molar-refractivity contribution >= 4 is 5.78 Å². The quantitative estimate of drug-likeness (QED) is 0.0571. The molecule has 0 fully saturated rings. The molecule has 0 atom stereocenters. The summed E-state index contributed by atoms with van der Waals surface area (Å²) in [4.78, 5) is 12.2. The first-order valence-electron chi connectivity index (χ1n) is 15.5. The number of Topliss-reactive ketones (excluding diaryl/α,β-unsaturated/α-hetero) is 1. The van der Waals surface area contributed by atoms with E-state index in [2.05, 4.69) is 9.47 Å². The van der Waals surface area contributed by atoms with Gasteiger partial charge in [-0.15, -0.1) is 0 Å². The molecular formula is C35H24F14O5. The number of rotatable bonds is 18. The molecule has 5 nitrogen and oxygen atoms in total. The molecule has 0 spiro atoms. The maximum Gasteiger partial charge on any atom is 0.432 e. The lowest BCUT2D eigenvalue weighted by molar-refractivity contribution is -0.190. The Bertz CT molecular complexity index is 1760. The van der Waals surface area contributed by atoms with E-state index < -0.39 is 105 Å². The summed E-state index contributed by atoms with van der Waals surface area (Å²) in [7, 11) is 0. The highest BCUT2D eigenvalue weighted by atomic mass is 19.3. The summed E-state index contributed by atoms with van der Waals surface area (Å²) in [5, 5.41) is 0. The van der Waals surface area contributed by atoms with Crippen LogP contribution in [0.1, 0.15) is 49.7 Å². The Morgan fingerprint density at radius 3 is 1.00 bits per heavy atom. The normalized spacial score (nSPS) is 11.8. The Hall–Kier alpha value is -5.23. The Morgan fingerprint density at radius 1 is 0.426 bits per heavy atom. The third-order valence-corrected chi connectivity index (χ3v) is 7.26. The van der Waals surface area contributed by atoms with Gasteiger partial charge in [-0.05, 0) is 25.7 Å². The van der Waals surface area contributed by atoms with Crippen molar-refractivity contribution < 1.29 is 85.2 Å². The summed E-state index contributed by atoms with van der Waals surface area (Å²) in [6.07, 6.45) is -8.67. The molecule has 0 amide bonds. The molecule has 0 N–H and O–H groups in total. The second kappa shape index (κ2) is 17.3. The molecule has 0 radical (unpaired) electrons. The predicted octanol–water partition coefficient (Wildman–Crippen LogP) is 10.7. The molecule has 19 heteroatoms. The molecule has 4 rings (SSSR count). The van der Waals surface area contributed by atoms with Gasteiger partial charge in [0, 0.05) is 61.4 Å². The van der Waals surface area contributed by atoms with Crippen LogP contribution >= 0.6 is 0 Å². The minimum absolute atomic E-state index is 0.0331. The van der Waals surface area contributed by atoms with E-state index in [4.69, 9.17) is 9.47 Å². The molecule has 0 saturated carbocycles. The van der Waals surface area contributed by atoms with Crippen LogP contribution in [0.5, 0.6) is 23.0 Å². The minimum atomic E-state index is -4.78. The maximum atomic E-state index is 14.5. The number of halogens is 14. The lowest BCUT2D eigenvalue weighted by Gasteiger charge is -2.20.